The van der Waals surface area contributed by atoms with E-state index in [2.05, 4.69) is 19.1 Å². The molecule has 0 amide bonds. The highest BCUT2D eigenvalue weighted by atomic mass is 32.2. The fraction of sp³-hybridized carbons (Fsp3) is 0.167. The molecule has 0 saturated carbocycles. The molecule has 1 aromatic heterocycles. The molecule has 7 nitrogen and oxygen atoms in total. The topological polar surface area (TPSA) is 120 Å². The van der Waals surface area contributed by atoms with Crippen LogP contribution in [0.25, 0.3) is 0 Å². The van der Waals surface area contributed by atoms with E-state index in [0.29, 0.717) is 11.2 Å². The van der Waals surface area contributed by atoms with Gasteiger partial charge < -0.3 is 15.0 Å². The van der Waals surface area contributed by atoms with Gasteiger partial charge in [-0.05, 0) is 24.1 Å². The van der Waals surface area contributed by atoms with Crippen molar-refractivity contribution < 1.29 is 9.66 Å². The minimum atomic E-state index is -1.65. The van der Waals surface area contributed by atoms with Crippen molar-refractivity contribution in [3.05, 3.63) is 65.1 Å². The molecule has 26 heavy (non-hydrogen) atoms. The van der Waals surface area contributed by atoms with Crippen molar-refractivity contribution in [1.29, 1.82) is 5.26 Å². The Kier molecular flexibility index (Phi) is 5.31. The molecule has 0 aliphatic heterocycles. The number of aromatic nitrogens is 2. The molecule has 0 aliphatic carbocycles. The van der Waals surface area contributed by atoms with Crippen LogP contribution in [0.15, 0.2) is 53.5 Å². The fourth-order valence-electron chi connectivity index (χ4n) is 2.54. The van der Waals surface area contributed by atoms with Gasteiger partial charge in [0.15, 0.2) is 16.9 Å². The molecule has 0 radical (unpaired) electrons. The smallest absolute Gasteiger partial charge is 0.236 e. The third kappa shape index (κ3) is 3.74. The average Bonchev–Trinajstić information content (AvgIpc) is 3.01. The predicted octanol–water partition coefficient (Wildman–Crippen LogP) is 3.51. The number of aromatic hydroxyl groups is 1. The Morgan fingerprint density at radius 2 is 2.08 bits per heavy atom. The minimum absolute atomic E-state index is 0.125. The highest BCUT2D eigenvalue weighted by molar-refractivity contribution is 7.13. The Morgan fingerprint density at radius 3 is 2.77 bits per heavy atom. The summed E-state index contributed by atoms with van der Waals surface area (Å²) in [4.78, 5) is 4.64. The fourth-order valence-corrected chi connectivity index (χ4v) is 3.20. The Hall–Kier alpha value is -3.15. The number of benzene rings is 2. The maximum absolute atomic E-state index is 11.8. The van der Waals surface area contributed by atoms with E-state index in [1.807, 2.05) is 43.3 Å². The number of anilines is 2. The van der Waals surface area contributed by atoms with E-state index < -0.39 is 11.1 Å². The van der Waals surface area contributed by atoms with E-state index >= 15 is 0 Å². The third-order valence-electron chi connectivity index (χ3n) is 3.85. The Balaban J connectivity index is 2.00. The van der Waals surface area contributed by atoms with Crippen molar-refractivity contribution in [2.45, 2.75) is 19.4 Å². The number of aromatic amines is 1. The van der Waals surface area contributed by atoms with Gasteiger partial charge in [-0.15, -0.1) is 4.37 Å². The standard InChI is InChI=1S/C18H17N5O2S/c1-2-14(12-7-4-3-5-8-12)20-17-18(23-26(25)22-17)21-15-10-6-9-13(11-19)16(15)24/h3-10,14,24H,2H2,1H3,(H,20,22)(H,21,23). The molecule has 132 valence electrons. The lowest BCUT2D eigenvalue weighted by Gasteiger charge is -2.09. The van der Waals surface area contributed by atoms with Gasteiger partial charge in [-0.2, -0.15) is 5.26 Å². The summed E-state index contributed by atoms with van der Waals surface area (Å²) >= 11 is -1.65. The van der Waals surface area contributed by atoms with E-state index in [0.717, 1.165) is 12.0 Å². The van der Waals surface area contributed by atoms with E-state index in [1.165, 1.54) is 6.07 Å². The summed E-state index contributed by atoms with van der Waals surface area (Å²) in [5.74, 6) is 0.0629. The van der Waals surface area contributed by atoms with Crippen LogP contribution in [-0.4, -0.2) is 18.4 Å². The van der Waals surface area contributed by atoms with Gasteiger partial charge in [-0.25, -0.2) is 0 Å². The summed E-state index contributed by atoms with van der Waals surface area (Å²) in [6.45, 7) is 2.01. The van der Waals surface area contributed by atoms with Crippen LogP contribution in [0.4, 0.5) is 11.5 Å². The summed E-state index contributed by atoms with van der Waals surface area (Å²) < 4.78 is 18.5. The lowest BCUT2D eigenvalue weighted by atomic mass is 10.1. The van der Waals surface area contributed by atoms with E-state index in [1.54, 1.807) is 12.1 Å². The SMILES string of the molecule is CCC(N=c1[nH][s+]([O-])nc1Nc1cccc(C#N)c1O)c1ccccc1. The molecule has 0 bridgehead atoms. The van der Waals surface area contributed by atoms with Crippen molar-refractivity contribution in [2.24, 2.45) is 4.99 Å². The van der Waals surface area contributed by atoms with Crippen LogP contribution in [0, 0.1) is 11.3 Å². The summed E-state index contributed by atoms with van der Waals surface area (Å²) in [5, 5.41) is 22.1. The molecule has 0 spiro atoms. The highest BCUT2D eigenvalue weighted by Gasteiger charge is 2.15. The first-order valence-corrected chi connectivity index (χ1v) is 9.12. The number of phenolic OH excluding ortho intramolecular Hbond substituents is 1. The van der Waals surface area contributed by atoms with Gasteiger partial charge in [0.1, 0.15) is 6.07 Å². The second kappa shape index (κ2) is 7.82. The summed E-state index contributed by atoms with van der Waals surface area (Å²) in [6.07, 6.45) is 0.754. The molecule has 0 saturated heterocycles. The number of hydrogen-bond acceptors (Lipinski definition) is 6. The molecular formula is C18H17N5O2S. The van der Waals surface area contributed by atoms with Crippen molar-refractivity contribution in [2.75, 3.05) is 5.32 Å². The van der Waals surface area contributed by atoms with Crippen LogP contribution in [0.1, 0.15) is 30.5 Å². The van der Waals surface area contributed by atoms with Crippen LogP contribution >= 0.6 is 11.1 Å². The molecule has 3 aromatic rings. The molecule has 1 heterocycles. The van der Waals surface area contributed by atoms with Gasteiger partial charge in [0.2, 0.25) is 11.3 Å². The second-order valence-electron chi connectivity index (χ2n) is 5.54. The first-order valence-electron chi connectivity index (χ1n) is 8.01. The van der Waals surface area contributed by atoms with E-state index in [9.17, 15) is 9.66 Å². The molecule has 3 N–H and O–H groups in total. The number of phenols is 1. The maximum atomic E-state index is 11.8. The van der Waals surface area contributed by atoms with E-state index in [4.69, 9.17) is 5.26 Å². The molecule has 3 rings (SSSR count). The zero-order valence-electron chi connectivity index (χ0n) is 14.0. The number of nitrogens with one attached hydrogen (secondary N) is 2. The summed E-state index contributed by atoms with van der Waals surface area (Å²) in [5.41, 5.74) is 1.82. The minimum Gasteiger partial charge on any atom is -0.548 e. The monoisotopic (exact) mass is 367 g/mol. The van der Waals surface area contributed by atoms with Gasteiger partial charge in [-0.1, -0.05) is 43.3 Å². The van der Waals surface area contributed by atoms with Crippen molar-refractivity contribution in [1.82, 2.24) is 8.75 Å². The van der Waals surface area contributed by atoms with Gasteiger partial charge in [-0.3, -0.25) is 4.99 Å². The Labute approximate surface area is 153 Å². The molecule has 0 fully saturated rings. The third-order valence-corrected chi connectivity index (χ3v) is 4.56. The van der Waals surface area contributed by atoms with Gasteiger partial charge in [0, 0.05) is 4.37 Å². The predicted molar refractivity (Wildman–Crippen MR) is 98.4 cm³/mol. The number of hydrogen-bond donors (Lipinski definition) is 3. The van der Waals surface area contributed by atoms with E-state index in [-0.39, 0.29) is 23.2 Å². The second-order valence-corrected chi connectivity index (χ2v) is 6.43. The molecular weight excluding hydrogens is 350 g/mol. The van der Waals surface area contributed by atoms with Gasteiger partial charge in [0.05, 0.1) is 17.3 Å². The molecule has 2 aromatic carbocycles. The largest absolute Gasteiger partial charge is 0.548 e. The number of H-pyrrole nitrogens is 1. The zero-order valence-corrected chi connectivity index (χ0v) is 14.8. The molecule has 2 atom stereocenters. The quantitative estimate of drug-likeness (QED) is 0.471. The zero-order chi connectivity index (χ0) is 18.5. The number of para-hydroxylation sites is 1. The summed E-state index contributed by atoms with van der Waals surface area (Å²) in [6, 6.07) is 16.3. The Bertz CT molecular complexity index is 1000. The van der Waals surface area contributed by atoms with Crippen LogP contribution in [0.2, 0.25) is 0 Å². The number of nitriles is 1. The van der Waals surface area contributed by atoms with Crippen molar-refractivity contribution in [3.8, 4) is 11.8 Å². The maximum Gasteiger partial charge on any atom is 0.236 e. The first kappa shape index (κ1) is 17.7. The Morgan fingerprint density at radius 1 is 1.31 bits per heavy atom. The normalized spacial score (nSPS) is 13.3. The van der Waals surface area contributed by atoms with Crippen molar-refractivity contribution >= 4 is 22.6 Å². The first-order chi connectivity index (χ1) is 12.6. The average molecular weight is 367 g/mol. The van der Waals surface area contributed by atoms with Crippen LogP contribution in [0.5, 0.6) is 5.75 Å². The van der Waals surface area contributed by atoms with Crippen molar-refractivity contribution in [3.63, 3.8) is 0 Å². The highest BCUT2D eigenvalue weighted by Crippen LogP contribution is 2.29. The summed E-state index contributed by atoms with van der Waals surface area (Å²) in [7, 11) is 0. The number of rotatable bonds is 5. The molecule has 0 aliphatic rings. The number of nitrogens with zero attached hydrogens (tertiary/aromatic N) is 3. The van der Waals surface area contributed by atoms with Crippen LogP contribution in [-0.2, 0) is 0 Å². The van der Waals surface area contributed by atoms with Crippen LogP contribution in [0.3, 0.4) is 0 Å². The lowest BCUT2D eigenvalue weighted by molar-refractivity contribution is 0.476. The van der Waals surface area contributed by atoms with Gasteiger partial charge >= 0.3 is 0 Å². The van der Waals surface area contributed by atoms with Crippen LogP contribution < -0.4 is 10.8 Å². The lowest BCUT2D eigenvalue weighted by Crippen LogP contribution is -2.11. The molecule has 8 heteroatoms. The van der Waals surface area contributed by atoms with Gasteiger partial charge in [0.25, 0.3) is 0 Å². The molecule has 2 unspecified atom stereocenters.